The van der Waals surface area contributed by atoms with Gasteiger partial charge in [0.2, 0.25) is 17.7 Å². The van der Waals surface area contributed by atoms with Crippen LogP contribution in [0.5, 0.6) is 0 Å². The third-order valence-electron chi connectivity index (χ3n) is 4.88. The van der Waals surface area contributed by atoms with Crippen molar-refractivity contribution in [3.05, 3.63) is 0 Å². The average molecular weight is 369 g/mol. The van der Waals surface area contributed by atoms with Crippen LogP contribution in [0, 0.1) is 11.8 Å². The van der Waals surface area contributed by atoms with Crippen LogP contribution in [0.1, 0.15) is 86.5 Å². The molecule has 2 aliphatic heterocycles. The molecule has 5 nitrogen and oxygen atoms in total. The van der Waals surface area contributed by atoms with Gasteiger partial charge in [0.25, 0.3) is 0 Å². The highest BCUT2D eigenvalue weighted by atomic mass is 16.2. The smallest absolute Gasteiger partial charge is 0.232 e. The number of amides is 3. The molecule has 0 saturated carbocycles. The minimum Gasteiger partial charge on any atom is -0.343 e. The van der Waals surface area contributed by atoms with Crippen LogP contribution in [0.3, 0.4) is 0 Å². The molecule has 1 atom stereocenters. The second-order valence-corrected chi connectivity index (χ2v) is 6.86. The lowest BCUT2D eigenvalue weighted by molar-refractivity contribution is -0.139. The summed E-state index contributed by atoms with van der Waals surface area (Å²) in [6, 6.07) is 0. The van der Waals surface area contributed by atoms with E-state index in [9.17, 15) is 14.4 Å². The number of rotatable bonds is 6. The first kappa shape index (κ1) is 24.6. The van der Waals surface area contributed by atoms with Gasteiger partial charge in [0.1, 0.15) is 0 Å². The van der Waals surface area contributed by atoms with Gasteiger partial charge in [-0.2, -0.15) is 0 Å². The summed E-state index contributed by atoms with van der Waals surface area (Å²) >= 11 is 0. The van der Waals surface area contributed by atoms with Crippen LogP contribution >= 0.6 is 0 Å². The first-order chi connectivity index (χ1) is 12.5. The highest BCUT2D eigenvalue weighted by molar-refractivity contribution is 6.03. The highest BCUT2D eigenvalue weighted by Crippen LogP contribution is 2.20. The summed E-state index contributed by atoms with van der Waals surface area (Å²) in [6.45, 7) is 14.3. The summed E-state index contributed by atoms with van der Waals surface area (Å²) in [5, 5.41) is 0. The molecular formula is C21H40N2O3. The number of piperidine rings is 1. The Hall–Kier alpha value is -1.39. The van der Waals surface area contributed by atoms with E-state index >= 15 is 0 Å². The molecule has 0 aromatic carbocycles. The van der Waals surface area contributed by atoms with Gasteiger partial charge in [-0.1, -0.05) is 48.0 Å². The number of imide groups is 1. The molecule has 2 heterocycles. The maximum absolute atomic E-state index is 12.1. The highest BCUT2D eigenvalue weighted by Gasteiger charge is 2.34. The van der Waals surface area contributed by atoms with E-state index in [2.05, 4.69) is 6.92 Å². The van der Waals surface area contributed by atoms with E-state index in [1.165, 1.54) is 4.90 Å². The van der Waals surface area contributed by atoms with Gasteiger partial charge in [-0.25, -0.2) is 0 Å². The number of hydrogen-bond donors (Lipinski definition) is 0. The van der Waals surface area contributed by atoms with Crippen molar-refractivity contribution in [1.29, 1.82) is 0 Å². The summed E-state index contributed by atoms with van der Waals surface area (Å²) in [6.07, 6.45) is 5.70. The van der Waals surface area contributed by atoms with Gasteiger partial charge in [0, 0.05) is 38.4 Å². The molecule has 1 unspecified atom stereocenters. The Morgan fingerprint density at radius 1 is 0.962 bits per heavy atom. The molecule has 0 N–H and O–H groups in total. The molecule has 5 heteroatoms. The molecule has 26 heavy (non-hydrogen) atoms. The molecular weight excluding hydrogens is 328 g/mol. The van der Waals surface area contributed by atoms with Crippen LogP contribution in [0.2, 0.25) is 0 Å². The van der Waals surface area contributed by atoms with E-state index in [1.54, 1.807) is 6.92 Å². The average Bonchev–Trinajstić information content (AvgIpc) is 2.91. The monoisotopic (exact) mass is 368 g/mol. The first-order valence-corrected chi connectivity index (χ1v) is 10.6. The zero-order valence-electron chi connectivity index (χ0n) is 17.8. The molecule has 152 valence electrons. The molecule has 2 fully saturated rings. The molecule has 2 aliphatic rings. The predicted molar refractivity (Wildman–Crippen MR) is 107 cm³/mol. The van der Waals surface area contributed by atoms with Crippen molar-refractivity contribution < 1.29 is 14.4 Å². The molecule has 2 rings (SSSR count). The largest absolute Gasteiger partial charge is 0.343 e. The summed E-state index contributed by atoms with van der Waals surface area (Å²) in [5.74, 6) is 0.755. The van der Waals surface area contributed by atoms with Gasteiger partial charge >= 0.3 is 0 Å². The second-order valence-electron chi connectivity index (χ2n) is 6.86. The fourth-order valence-corrected chi connectivity index (χ4v) is 3.22. The van der Waals surface area contributed by atoms with Crippen molar-refractivity contribution in [1.82, 2.24) is 9.80 Å². The maximum atomic E-state index is 12.1. The predicted octanol–water partition coefficient (Wildman–Crippen LogP) is 4.25. The molecule has 0 aliphatic carbocycles. The lowest BCUT2D eigenvalue weighted by atomic mass is 9.99. The molecule has 2 saturated heterocycles. The normalized spacial score (nSPS) is 20.3. The summed E-state index contributed by atoms with van der Waals surface area (Å²) in [4.78, 5) is 38.9. The Morgan fingerprint density at radius 3 is 2.04 bits per heavy atom. The third kappa shape index (κ3) is 7.88. The lowest BCUT2D eigenvalue weighted by Gasteiger charge is -2.30. The second kappa shape index (κ2) is 13.8. The van der Waals surface area contributed by atoms with Crippen LogP contribution in [-0.4, -0.2) is 47.2 Å². The van der Waals surface area contributed by atoms with Crippen LogP contribution < -0.4 is 0 Å². The lowest BCUT2D eigenvalue weighted by Crippen LogP contribution is -2.37. The maximum Gasteiger partial charge on any atom is 0.232 e. The Kier molecular flexibility index (Phi) is 13.0. The Labute approximate surface area is 160 Å². The molecule has 0 spiro atoms. The van der Waals surface area contributed by atoms with E-state index in [0.29, 0.717) is 19.4 Å². The molecule has 0 aromatic heterocycles. The van der Waals surface area contributed by atoms with E-state index in [4.69, 9.17) is 0 Å². The Morgan fingerprint density at radius 2 is 1.54 bits per heavy atom. The molecule has 3 amide bonds. The summed E-state index contributed by atoms with van der Waals surface area (Å²) in [7, 11) is 0. The summed E-state index contributed by atoms with van der Waals surface area (Å²) < 4.78 is 0. The fraction of sp³-hybridized carbons (Fsp3) is 0.857. The van der Waals surface area contributed by atoms with Crippen molar-refractivity contribution in [2.75, 3.05) is 19.6 Å². The molecule has 0 bridgehead atoms. The number of carbonyl (C=O) groups is 3. The van der Waals surface area contributed by atoms with Gasteiger partial charge < -0.3 is 4.90 Å². The van der Waals surface area contributed by atoms with Crippen LogP contribution in [0.15, 0.2) is 0 Å². The van der Waals surface area contributed by atoms with Crippen molar-refractivity contribution in [3.63, 3.8) is 0 Å². The first-order valence-electron chi connectivity index (χ1n) is 10.6. The SMILES string of the molecule is CC.CC.CC1CCN(C(=O)CCCCCN2C(=O)CC(C)C2=O)CC1. The van der Waals surface area contributed by atoms with E-state index in [0.717, 1.165) is 51.1 Å². The number of likely N-dealkylation sites (tertiary alicyclic amines) is 2. The molecule has 0 radical (unpaired) electrons. The van der Waals surface area contributed by atoms with Crippen LogP contribution in [0.4, 0.5) is 0 Å². The quantitative estimate of drug-likeness (QED) is 0.520. The zero-order valence-corrected chi connectivity index (χ0v) is 17.8. The zero-order chi connectivity index (χ0) is 20.1. The van der Waals surface area contributed by atoms with Gasteiger partial charge in [0.15, 0.2) is 0 Å². The van der Waals surface area contributed by atoms with Gasteiger partial charge in [-0.05, 0) is 31.6 Å². The minimum absolute atomic E-state index is 0.0384. The van der Waals surface area contributed by atoms with Crippen molar-refractivity contribution in [2.24, 2.45) is 11.8 Å². The Balaban J connectivity index is 0.00000146. The topological polar surface area (TPSA) is 57.7 Å². The van der Waals surface area contributed by atoms with Crippen molar-refractivity contribution in [2.45, 2.75) is 86.5 Å². The van der Waals surface area contributed by atoms with Gasteiger partial charge in [-0.3, -0.25) is 19.3 Å². The minimum atomic E-state index is -0.157. The number of nitrogens with zero attached hydrogens (tertiary/aromatic N) is 2. The van der Waals surface area contributed by atoms with Crippen LogP contribution in [-0.2, 0) is 14.4 Å². The third-order valence-corrected chi connectivity index (χ3v) is 4.88. The van der Waals surface area contributed by atoms with Crippen molar-refractivity contribution in [3.8, 4) is 0 Å². The Bertz CT molecular complexity index is 429. The van der Waals surface area contributed by atoms with Gasteiger partial charge in [0.05, 0.1) is 0 Å². The van der Waals surface area contributed by atoms with Crippen LogP contribution in [0.25, 0.3) is 0 Å². The standard InChI is InChI=1S/C17H28N2O3.2C2H6/c1-13-7-10-18(11-8-13)15(20)6-4-3-5-9-19-16(21)12-14(2)17(19)22;2*1-2/h13-14H,3-12H2,1-2H3;2*1-2H3. The summed E-state index contributed by atoms with van der Waals surface area (Å²) in [5.41, 5.74) is 0. The fourth-order valence-electron chi connectivity index (χ4n) is 3.22. The van der Waals surface area contributed by atoms with E-state index in [-0.39, 0.29) is 23.6 Å². The number of unbranched alkanes of at least 4 members (excludes halogenated alkanes) is 2. The molecule has 0 aromatic rings. The number of carbonyl (C=O) groups excluding carboxylic acids is 3. The van der Waals surface area contributed by atoms with E-state index in [1.807, 2.05) is 32.6 Å². The van der Waals surface area contributed by atoms with E-state index < -0.39 is 0 Å². The van der Waals surface area contributed by atoms with Crippen molar-refractivity contribution >= 4 is 17.7 Å². The van der Waals surface area contributed by atoms with Gasteiger partial charge in [-0.15, -0.1) is 0 Å². The number of hydrogen-bond acceptors (Lipinski definition) is 3.